The Hall–Kier alpha value is -1.60. The van der Waals surface area contributed by atoms with E-state index in [9.17, 15) is 8.42 Å². The second-order valence-electron chi connectivity index (χ2n) is 5.63. The van der Waals surface area contributed by atoms with Gasteiger partial charge in [-0.15, -0.1) is 11.3 Å². The maximum atomic E-state index is 12.9. The zero-order valence-corrected chi connectivity index (χ0v) is 15.9. The Morgan fingerprint density at radius 3 is 2.68 bits per heavy atom. The van der Waals surface area contributed by atoms with Gasteiger partial charge in [-0.3, -0.25) is 0 Å². The van der Waals surface area contributed by atoms with Crippen LogP contribution in [0, 0.1) is 0 Å². The van der Waals surface area contributed by atoms with E-state index >= 15 is 0 Å². The van der Waals surface area contributed by atoms with E-state index in [4.69, 9.17) is 16.0 Å². The Bertz CT molecular complexity index is 890. The first-order valence-corrected chi connectivity index (χ1v) is 10.7. The Balaban J connectivity index is 1.78. The molecule has 0 atom stereocenters. The number of halogens is 1. The van der Waals surface area contributed by atoms with Crippen molar-refractivity contribution in [1.29, 1.82) is 0 Å². The SMILES string of the molecule is O=S(=O)(Cc1cccc(Cl)c1)N(CCc1cccs1)Cc1ccco1. The Morgan fingerprint density at radius 2 is 2.00 bits per heavy atom. The van der Waals surface area contributed by atoms with Crippen LogP contribution < -0.4 is 0 Å². The number of sulfonamides is 1. The van der Waals surface area contributed by atoms with Gasteiger partial charge in [-0.25, -0.2) is 8.42 Å². The average Bonchev–Trinajstić information content (AvgIpc) is 3.24. The lowest BCUT2D eigenvalue weighted by Crippen LogP contribution is -2.33. The van der Waals surface area contributed by atoms with Crippen LogP contribution in [0.2, 0.25) is 5.02 Å². The molecule has 0 N–H and O–H groups in total. The summed E-state index contributed by atoms with van der Waals surface area (Å²) >= 11 is 7.60. The Morgan fingerprint density at radius 1 is 1.12 bits per heavy atom. The van der Waals surface area contributed by atoms with Crippen molar-refractivity contribution in [3.8, 4) is 0 Å². The molecule has 0 aliphatic rings. The van der Waals surface area contributed by atoms with Crippen LogP contribution in [0.15, 0.2) is 64.6 Å². The third kappa shape index (κ3) is 5.19. The summed E-state index contributed by atoms with van der Waals surface area (Å²) in [5.41, 5.74) is 0.674. The molecule has 0 saturated heterocycles. The minimum atomic E-state index is -3.50. The lowest BCUT2D eigenvalue weighted by atomic mass is 10.2. The summed E-state index contributed by atoms with van der Waals surface area (Å²) in [6, 6.07) is 14.5. The number of nitrogens with zero attached hydrogens (tertiary/aromatic N) is 1. The fourth-order valence-corrected chi connectivity index (χ4v) is 4.90. The number of rotatable bonds is 8. The zero-order valence-electron chi connectivity index (χ0n) is 13.5. The van der Waals surface area contributed by atoms with Crippen molar-refractivity contribution in [1.82, 2.24) is 4.31 Å². The van der Waals surface area contributed by atoms with E-state index in [1.54, 1.807) is 54.0 Å². The minimum absolute atomic E-state index is 0.0846. The van der Waals surface area contributed by atoms with Crippen LogP contribution in [0.25, 0.3) is 0 Å². The van der Waals surface area contributed by atoms with Crippen LogP contribution in [0.3, 0.4) is 0 Å². The van der Waals surface area contributed by atoms with E-state index in [1.807, 2.05) is 17.5 Å². The average molecular weight is 396 g/mol. The third-order valence-electron chi connectivity index (χ3n) is 3.73. The Labute approximate surface area is 156 Å². The molecular formula is C18H18ClNO3S2. The molecule has 0 bridgehead atoms. The van der Waals surface area contributed by atoms with Gasteiger partial charge in [0.25, 0.3) is 0 Å². The van der Waals surface area contributed by atoms with Crippen molar-refractivity contribution in [2.45, 2.75) is 18.7 Å². The standard InChI is InChI=1S/C18H18ClNO3S2/c19-16-5-1-4-15(12-16)14-25(21,22)20(13-17-6-2-10-23-17)9-8-18-7-3-11-24-18/h1-7,10-12H,8-9,13-14H2. The van der Waals surface area contributed by atoms with Gasteiger partial charge < -0.3 is 4.42 Å². The molecule has 0 aliphatic heterocycles. The summed E-state index contributed by atoms with van der Waals surface area (Å²) in [6.45, 7) is 0.630. The molecule has 4 nitrogen and oxygen atoms in total. The molecule has 0 unspecified atom stereocenters. The Kier molecular flexibility index (Phi) is 5.96. The highest BCUT2D eigenvalue weighted by atomic mass is 35.5. The largest absolute Gasteiger partial charge is 0.468 e. The molecular weight excluding hydrogens is 378 g/mol. The van der Waals surface area contributed by atoms with Crippen LogP contribution in [0.1, 0.15) is 16.2 Å². The van der Waals surface area contributed by atoms with Crippen LogP contribution in [0.5, 0.6) is 0 Å². The van der Waals surface area contributed by atoms with Gasteiger partial charge in [0.05, 0.1) is 18.6 Å². The van der Waals surface area contributed by atoms with Crippen molar-refractivity contribution in [2.24, 2.45) is 0 Å². The molecule has 2 heterocycles. The lowest BCUT2D eigenvalue weighted by Gasteiger charge is -2.21. The summed E-state index contributed by atoms with van der Waals surface area (Å²) in [4.78, 5) is 1.16. The number of furan rings is 1. The van der Waals surface area contributed by atoms with Gasteiger partial charge in [0, 0.05) is 16.4 Å². The normalized spacial score (nSPS) is 11.9. The highest BCUT2D eigenvalue weighted by molar-refractivity contribution is 7.88. The number of benzene rings is 1. The molecule has 132 valence electrons. The second kappa shape index (κ2) is 8.19. The van der Waals surface area contributed by atoms with E-state index in [2.05, 4.69) is 0 Å². The molecule has 0 amide bonds. The molecule has 7 heteroatoms. The van der Waals surface area contributed by atoms with Gasteiger partial charge in [-0.05, 0) is 47.7 Å². The fraction of sp³-hybridized carbons (Fsp3) is 0.222. The molecule has 2 aromatic heterocycles. The fourth-order valence-electron chi connectivity index (χ4n) is 2.51. The van der Waals surface area contributed by atoms with Crippen molar-refractivity contribution >= 4 is 33.0 Å². The smallest absolute Gasteiger partial charge is 0.218 e. The molecule has 3 aromatic rings. The van der Waals surface area contributed by atoms with Crippen LogP contribution >= 0.6 is 22.9 Å². The summed E-state index contributed by atoms with van der Waals surface area (Å²) in [5.74, 6) is 0.541. The molecule has 0 saturated carbocycles. The van der Waals surface area contributed by atoms with Gasteiger partial charge >= 0.3 is 0 Å². The van der Waals surface area contributed by atoms with Gasteiger partial charge in [-0.2, -0.15) is 4.31 Å². The molecule has 0 spiro atoms. The zero-order chi connectivity index (χ0) is 17.7. The van der Waals surface area contributed by atoms with Gasteiger partial charge in [-0.1, -0.05) is 29.8 Å². The number of hydrogen-bond donors (Lipinski definition) is 0. The predicted octanol–water partition coefficient (Wildman–Crippen LogP) is 4.57. The molecule has 25 heavy (non-hydrogen) atoms. The van der Waals surface area contributed by atoms with Gasteiger partial charge in [0.2, 0.25) is 10.0 Å². The highest BCUT2D eigenvalue weighted by Gasteiger charge is 2.24. The molecule has 0 aliphatic carbocycles. The van der Waals surface area contributed by atoms with E-state index in [0.717, 1.165) is 4.88 Å². The van der Waals surface area contributed by atoms with E-state index in [1.165, 1.54) is 4.31 Å². The van der Waals surface area contributed by atoms with E-state index < -0.39 is 10.0 Å². The van der Waals surface area contributed by atoms with Crippen molar-refractivity contribution in [3.63, 3.8) is 0 Å². The molecule has 0 radical (unpaired) electrons. The topological polar surface area (TPSA) is 50.5 Å². The third-order valence-corrected chi connectivity index (χ3v) is 6.70. The van der Waals surface area contributed by atoms with Crippen molar-refractivity contribution < 1.29 is 12.8 Å². The second-order valence-corrected chi connectivity index (χ2v) is 9.07. The highest BCUT2D eigenvalue weighted by Crippen LogP contribution is 2.19. The maximum absolute atomic E-state index is 12.9. The first-order valence-electron chi connectivity index (χ1n) is 7.80. The van der Waals surface area contributed by atoms with Crippen LogP contribution in [-0.4, -0.2) is 19.3 Å². The summed E-state index contributed by atoms with van der Waals surface area (Å²) in [5, 5.41) is 2.52. The number of thiophene rings is 1. The summed E-state index contributed by atoms with van der Waals surface area (Å²) in [7, 11) is -3.50. The summed E-state index contributed by atoms with van der Waals surface area (Å²) < 4.78 is 32.7. The van der Waals surface area contributed by atoms with Gasteiger partial charge in [0.1, 0.15) is 5.76 Å². The van der Waals surface area contributed by atoms with E-state index in [0.29, 0.717) is 29.3 Å². The summed E-state index contributed by atoms with van der Waals surface area (Å²) in [6.07, 6.45) is 2.23. The predicted molar refractivity (Wildman–Crippen MR) is 101 cm³/mol. The quantitative estimate of drug-likeness (QED) is 0.561. The van der Waals surface area contributed by atoms with Crippen LogP contribution in [-0.2, 0) is 28.7 Å². The lowest BCUT2D eigenvalue weighted by molar-refractivity contribution is 0.366. The minimum Gasteiger partial charge on any atom is -0.468 e. The van der Waals surface area contributed by atoms with Gasteiger partial charge in [0.15, 0.2) is 0 Å². The first kappa shape index (κ1) is 18.2. The first-order chi connectivity index (χ1) is 12.0. The van der Waals surface area contributed by atoms with E-state index in [-0.39, 0.29) is 12.3 Å². The van der Waals surface area contributed by atoms with Crippen molar-refractivity contribution in [3.05, 3.63) is 81.4 Å². The molecule has 1 aromatic carbocycles. The molecule has 3 rings (SSSR count). The monoisotopic (exact) mass is 395 g/mol. The molecule has 0 fully saturated rings. The number of hydrogen-bond acceptors (Lipinski definition) is 4. The van der Waals surface area contributed by atoms with Crippen LogP contribution in [0.4, 0.5) is 0 Å². The maximum Gasteiger partial charge on any atom is 0.218 e. The van der Waals surface area contributed by atoms with Crippen molar-refractivity contribution in [2.75, 3.05) is 6.54 Å².